The van der Waals surface area contributed by atoms with Crippen LogP contribution in [0.3, 0.4) is 0 Å². The van der Waals surface area contributed by atoms with Gasteiger partial charge < -0.3 is 5.32 Å². The van der Waals surface area contributed by atoms with Gasteiger partial charge in [0.1, 0.15) is 11.3 Å². The molecule has 0 saturated heterocycles. The Hall–Kier alpha value is -3.04. The fraction of sp³-hybridized carbons (Fsp3) is 0.150. The summed E-state index contributed by atoms with van der Waals surface area (Å²) in [6.45, 7) is 4.05. The molecule has 0 aliphatic carbocycles. The molecule has 9 heteroatoms. The maximum absolute atomic E-state index is 12.4. The van der Waals surface area contributed by atoms with Crippen LogP contribution in [-0.2, 0) is 5.75 Å². The van der Waals surface area contributed by atoms with E-state index < -0.39 is 0 Å². The molecule has 2 aromatic carbocycles. The summed E-state index contributed by atoms with van der Waals surface area (Å²) in [5.74, 6) is 0.297. The van der Waals surface area contributed by atoms with Gasteiger partial charge in [-0.1, -0.05) is 59.0 Å². The highest BCUT2D eigenvalue weighted by Crippen LogP contribution is 2.26. The number of hydrogen-bond donors (Lipinski definition) is 1. The van der Waals surface area contributed by atoms with Gasteiger partial charge in [0.2, 0.25) is 5.01 Å². The quantitative estimate of drug-likeness (QED) is 0.467. The van der Waals surface area contributed by atoms with Crippen molar-refractivity contribution in [3.63, 3.8) is 0 Å². The summed E-state index contributed by atoms with van der Waals surface area (Å²) in [5, 5.41) is 21.1. The highest BCUT2D eigenvalue weighted by molar-refractivity contribution is 7.98. The van der Waals surface area contributed by atoms with E-state index in [0.29, 0.717) is 10.8 Å². The van der Waals surface area contributed by atoms with Crippen LogP contribution >= 0.6 is 23.1 Å². The van der Waals surface area contributed by atoms with Gasteiger partial charge in [0.05, 0.1) is 11.4 Å². The molecule has 0 aliphatic heterocycles. The maximum atomic E-state index is 12.4. The van der Waals surface area contributed by atoms with Crippen molar-refractivity contribution in [1.29, 1.82) is 0 Å². The lowest BCUT2D eigenvalue weighted by atomic mass is 10.2. The summed E-state index contributed by atoms with van der Waals surface area (Å²) >= 11 is 2.78. The lowest BCUT2D eigenvalue weighted by Gasteiger charge is -2.08. The predicted molar refractivity (Wildman–Crippen MR) is 115 cm³/mol. The molecule has 0 radical (unpaired) electrons. The molecule has 0 bridgehead atoms. The van der Waals surface area contributed by atoms with Crippen molar-refractivity contribution in [1.82, 2.24) is 25.0 Å². The van der Waals surface area contributed by atoms with Crippen LogP contribution in [0.15, 0.2) is 60.0 Å². The summed E-state index contributed by atoms with van der Waals surface area (Å²) in [4.78, 5) is 12.4. The fourth-order valence-electron chi connectivity index (χ4n) is 2.67. The van der Waals surface area contributed by atoms with Crippen molar-refractivity contribution in [2.75, 3.05) is 5.32 Å². The van der Waals surface area contributed by atoms with Crippen molar-refractivity contribution in [3.8, 4) is 5.69 Å². The van der Waals surface area contributed by atoms with E-state index in [1.165, 1.54) is 23.1 Å². The molecule has 0 spiro atoms. The third-order valence-corrected chi connectivity index (χ3v) is 6.25. The Kier molecular flexibility index (Phi) is 5.68. The molecule has 7 nitrogen and oxygen atoms in total. The van der Waals surface area contributed by atoms with Gasteiger partial charge >= 0.3 is 0 Å². The van der Waals surface area contributed by atoms with Gasteiger partial charge in [0.25, 0.3) is 5.91 Å². The molecule has 0 atom stereocenters. The Labute approximate surface area is 176 Å². The van der Waals surface area contributed by atoms with Crippen LogP contribution in [0, 0.1) is 13.8 Å². The largest absolute Gasteiger partial charge is 0.320 e. The molecular formula is C20H18N6OS2. The lowest BCUT2D eigenvalue weighted by Crippen LogP contribution is -2.11. The van der Waals surface area contributed by atoms with Crippen molar-refractivity contribution in [2.24, 2.45) is 0 Å². The summed E-state index contributed by atoms with van der Waals surface area (Å²) in [5.41, 5.74) is 4.05. The number of aryl methyl sites for hydroxylation is 2. The molecule has 146 valence electrons. The number of nitrogens with zero attached hydrogens (tertiary/aromatic N) is 5. The topological polar surface area (TPSA) is 85.6 Å². The van der Waals surface area contributed by atoms with Gasteiger partial charge in [-0.15, -0.1) is 20.4 Å². The highest BCUT2D eigenvalue weighted by atomic mass is 32.2. The summed E-state index contributed by atoms with van der Waals surface area (Å²) < 4.78 is 1.95. The Bertz CT molecular complexity index is 1140. The van der Waals surface area contributed by atoms with E-state index >= 15 is 0 Å². The van der Waals surface area contributed by atoms with Crippen LogP contribution in [-0.4, -0.2) is 30.9 Å². The van der Waals surface area contributed by atoms with E-state index in [4.69, 9.17) is 0 Å². The zero-order chi connectivity index (χ0) is 20.2. The molecule has 4 aromatic rings. The first-order chi connectivity index (χ1) is 14.1. The van der Waals surface area contributed by atoms with Gasteiger partial charge in [0.15, 0.2) is 5.16 Å². The van der Waals surface area contributed by atoms with Gasteiger partial charge in [-0.05, 0) is 37.6 Å². The summed E-state index contributed by atoms with van der Waals surface area (Å²) in [6.07, 6.45) is 1.70. The third kappa shape index (κ3) is 4.52. The van der Waals surface area contributed by atoms with Crippen LogP contribution in [0.2, 0.25) is 0 Å². The highest BCUT2D eigenvalue weighted by Gasteiger charge is 2.15. The van der Waals surface area contributed by atoms with E-state index in [1.807, 2.05) is 66.9 Å². The average molecular weight is 423 g/mol. The Balaban J connectivity index is 1.42. The second-order valence-corrected chi connectivity index (χ2v) is 8.38. The van der Waals surface area contributed by atoms with E-state index in [1.54, 1.807) is 6.33 Å². The zero-order valence-corrected chi connectivity index (χ0v) is 17.5. The summed E-state index contributed by atoms with van der Waals surface area (Å²) in [6, 6.07) is 15.7. The van der Waals surface area contributed by atoms with Crippen LogP contribution in [0.25, 0.3) is 5.69 Å². The van der Waals surface area contributed by atoms with E-state index in [9.17, 15) is 4.79 Å². The number of thioether (sulfide) groups is 1. The van der Waals surface area contributed by atoms with Crippen molar-refractivity contribution in [2.45, 2.75) is 24.8 Å². The first-order valence-corrected chi connectivity index (χ1v) is 10.7. The van der Waals surface area contributed by atoms with E-state index in [2.05, 4.69) is 25.7 Å². The smallest absolute Gasteiger partial charge is 0.286 e. The van der Waals surface area contributed by atoms with Crippen LogP contribution in [0.1, 0.15) is 25.9 Å². The molecule has 4 rings (SSSR count). The molecule has 0 saturated carbocycles. The average Bonchev–Trinajstić information content (AvgIpc) is 3.38. The number of rotatable bonds is 6. The first-order valence-electron chi connectivity index (χ1n) is 8.89. The van der Waals surface area contributed by atoms with E-state index in [-0.39, 0.29) is 5.91 Å². The number of aromatic nitrogens is 5. The van der Waals surface area contributed by atoms with Gasteiger partial charge in [-0.3, -0.25) is 9.36 Å². The molecule has 0 fully saturated rings. The molecule has 2 aromatic heterocycles. The van der Waals surface area contributed by atoms with Gasteiger partial charge in [0, 0.05) is 5.69 Å². The molecular weight excluding hydrogens is 404 g/mol. The zero-order valence-electron chi connectivity index (χ0n) is 15.9. The molecule has 1 N–H and O–H groups in total. The second-order valence-electron chi connectivity index (χ2n) is 6.38. The lowest BCUT2D eigenvalue weighted by molar-refractivity contribution is 0.102. The number of hydrogen-bond acceptors (Lipinski definition) is 7. The monoisotopic (exact) mass is 422 g/mol. The number of carbonyl (C=O) groups excluding carboxylic acids is 1. The Morgan fingerprint density at radius 3 is 2.66 bits per heavy atom. The van der Waals surface area contributed by atoms with Crippen molar-refractivity contribution >= 4 is 34.7 Å². The molecule has 1 amide bonds. The van der Waals surface area contributed by atoms with Gasteiger partial charge in [-0.25, -0.2) is 0 Å². The molecule has 0 aliphatic rings. The number of para-hydroxylation sites is 1. The van der Waals surface area contributed by atoms with Crippen LogP contribution < -0.4 is 5.32 Å². The Morgan fingerprint density at radius 2 is 1.86 bits per heavy atom. The molecule has 29 heavy (non-hydrogen) atoms. The minimum Gasteiger partial charge on any atom is -0.320 e. The SMILES string of the molecule is Cc1ccc(NC(=O)c2nnc(CSc3nncn3-c3ccccc3C)s2)cc1. The normalized spacial score (nSPS) is 10.8. The number of anilines is 1. The number of carbonyl (C=O) groups is 1. The minimum atomic E-state index is -0.259. The molecule has 0 unspecified atom stereocenters. The third-order valence-electron chi connectivity index (χ3n) is 4.19. The summed E-state index contributed by atoms with van der Waals surface area (Å²) in [7, 11) is 0. The number of benzene rings is 2. The predicted octanol–water partition coefficient (Wildman–Crippen LogP) is 4.28. The number of amides is 1. The van der Waals surface area contributed by atoms with Crippen LogP contribution in [0.5, 0.6) is 0 Å². The second kappa shape index (κ2) is 8.54. The maximum Gasteiger partial charge on any atom is 0.286 e. The molecule has 2 heterocycles. The Morgan fingerprint density at radius 1 is 1.07 bits per heavy atom. The first kappa shape index (κ1) is 19.3. The van der Waals surface area contributed by atoms with Crippen molar-refractivity contribution < 1.29 is 4.79 Å². The van der Waals surface area contributed by atoms with E-state index in [0.717, 1.165) is 32.7 Å². The van der Waals surface area contributed by atoms with Gasteiger partial charge in [-0.2, -0.15) is 0 Å². The number of nitrogens with one attached hydrogen (secondary N) is 1. The minimum absolute atomic E-state index is 0.259. The fourth-order valence-corrected chi connectivity index (χ4v) is 4.32. The van der Waals surface area contributed by atoms with Crippen LogP contribution in [0.4, 0.5) is 5.69 Å². The standard InChI is InChI=1S/C20H18N6OS2/c1-13-7-9-15(10-8-13)22-18(27)19-24-23-17(29-19)11-28-20-25-21-12-26(20)16-6-4-3-5-14(16)2/h3-10,12H,11H2,1-2H3,(H,22,27). The van der Waals surface area contributed by atoms with Crippen molar-refractivity contribution in [3.05, 3.63) is 76.0 Å².